The molecule has 6 heteroatoms. The quantitative estimate of drug-likeness (QED) is 0.610. The van der Waals surface area contributed by atoms with Crippen molar-refractivity contribution in [3.8, 4) is 34.1 Å². The molecule has 1 aliphatic rings. The number of ether oxygens (including phenoxy) is 4. The van der Waals surface area contributed by atoms with Crippen LogP contribution in [0.15, 0.2) is 29.1 Å². The van der Waals surface area contributed by atoms with Crippen molar-refractivity contribution in [3.63, 3.8) is 0 Å². The number of rotatable bonds is 4. The SMILES string of the molecule is COc1cc2c(cc1OC)-c1c(OC)c(OC)cc3cc(=O)[nH]c(c13)C2. The molecule has 0 saturated carbocycles. The number of aromatic amines is 1. The molecule has 0 saturated heterocycles. The van der Waals surface area contributed by atoms with Crippen LogP contribution in [0.3, 0.4) is 0 Å². The first-order valence-electron chi connectivity index (χ1n) is 8.17. The summed E-state index contributed by atoms with van der Waals surface area (Å²) in [6.07, 6.45) is 0.588. The van der Waals surface area contributed by atoms with Crippen LogP contribution in [-0.4, -0.2) is 33.4 Å². The number of benzene rings is 2. The standard InChI is InChI=1S/C20H19NO5/c1-23-14-6-10-5-13-18-11(8-17(22)21-13)7-16(25-3)20(26-4)19(18)12(10)9-15(14)24-2/h6-9H,5H2,1-4H3,(H,21,22). The van der Waals surface area contributed by atoms with Crippen molar-refractivity contribution in [1.82, 2.24) is 4.98 Å². The molecule has 26 heavy (non-hydrogen) atoms. The second kappa shape index (κ2) is 5.98. The zero-order chi connectivity index (χ0) is 18.4. The zero-order valence-corrected chi connectivity index (χ0v) is 15.1. The van der Waals surface area contributed by atoms with E-state index in [2.05, 4.69) is 4.98 Å². The second-order valence-electron chi connectivity index (χ2n) is 6.10. The number of fused-ring (bicyclic) bond motifs is 2. The molecule has 1 aromatic heterocycles. The van der Waals surface area contributed by atoms with Crippen LogP contribution >= 0.6 is 0 Å². The van der Waals surface area contributed by atoms with E-state index in [4.69, 9.17) is 18.9 Å². The molecule has 0 atom stereocenters. The van der Waals surface area contributed by atoms with Gasteiger partial charge in [0.15, 0.2) is 23.0 Å². The van der Waals surface area contributed by atoms with Gasteiger partial charge in [-0.25, -0.2) is 0 Å². The van der Waals surface area contributed by atoms with Crippen molar-refractivity contribution < 1.29 is 18.9 Å². The number of aromatic nitrogens is 1. The van der Waals surface area contributed by atoms with E-state index in [0.29, 0.717) is 29.4 Å². The monoisotopic (exact) mass is 353 g/mol. The smallest absolute Gasteiger partial charge is 0.248 e. The predicted molar refractivity (Wildman–Crippen MR) is 99.0 cm³/mol. The summed E-state index contributed by atoms with van der Waals surface area (Å²) in [5.41, 5.74) is 3.58. The molecule has 1 N–H and O–H groups in total. The summed E-state index contributed by atoms with van der Waals surface area (Å²) in [6.45, 7) is 0. The van der Waals surface area contributed by atoms with E-state index in [9.17, 15) is 4.79 Å². The highest BCUT2D eigenvalue weighted by atomic mass is 16.5. The van der Waals surface area contributed by atoms with Crippen LogP contribution in [0, 0.1) is 0 Å². The summed E-state index contributed by atoms with van der Waals surface area (Å²) in [4.78, 5) is 15.1. The molecule has 3 aromatic rings. The minimum Gasteiger partial charge on any atom is -0.493 e. The van der Waals surface area contributed by atoms with Crippen molar-refractivity contribution in [3.05, 3.63) is 45.9 Å². The predicted octanol–water partition coefficient (Wildman–Crippen LogP) is 3.13. The molecule has 134 valence electrons. The highest BCUT2D eigenvalue weighted by Gasteiger charge is 2.27. The van der Waals surface area contributed by atoms with Crippen molar-refractivity contribution in [2.75, 3.05) is 28.4 Å². The Hall–Kier alpha value is -3.15. The van der Waals surface area contributed by atoms with Gasteiger partial charge in [-0.05, 0) is 34.7 Å². The number of nitrogens with one attached hydrogen (secondary N) is 1. The maximum atomic E-state index is 12.1. The topological polar surface area (TPSA) is 69.8 Å². The number of pyridine rings is 1. The van der Waals surface area contributed by atoms with Crippen LogP contribution in [0.1, 0.15) is 11.3 Å². The maximum absolute atomic E-state index is 12.1. The molecule has 0 fully saturated rings. The summed E-state index contributed by atoms with van der Waals surface area (Å²) in [7, 11) is 6.41. The molecule has 1 heterocycles. The van der Waals surface area contributed by atoms with Gasteiger partial charge in [0, 0.05) is 29.1 Å². The Balaban J connectivity index is 2.18. The van der Waals surface area contributed by atoms with Gasteiger partial charge in [-0.3, -0.25) is 4.79 Å². The molecule has 6 nitrogen and oxygen atoms in total. The Bertz CT molecular complexity index is 1080. The Kier molecular flexibility index (Phi) is 3.76. The van der Waals surface area contributed by atoms with E-state index in [-0.39, 0.29) is 5.56 Å². The molecule has 0 spiro atoms. The van der Waals surface area contributed by atoms with Crippen molar-refractivity contribution in [1.29, 1.82) is 0 Å². The molecule has 0 bridgehead atoms. The Morgan fingerprint density at radius 1 is 0.846 bits per heavy atom. The summed E-state index contributed by atoms with van der Waals surface area (Å²) in [5.74, 6) is 2.49. The van der Waals surface area contributed by atoms with E-state index < -0.39 is 0 Å². The largest absolute Gasteiger partial charge is 0.493 e. The van der Waals surface area contributed by atoms with E-state index in [1.54, 1.807) is 34.5 Å². The first-order chi connectivity index (χ1) is 12.6. The van der Waals surface area contributed by atoms with Crippen molar-refractivity contribution in [2.45, 2.75) is 6.42 Å². The van der Waals surface area contributed by atoms with Crippen LogP contribution in [0.5, 0.6) is 23.0 Å². The van der Waals surface area contributed by atoms with Crippen LogP contribution in [-0.2, 0) is 6.42 Å². The van der Waals surface area contributed by atoms with Crippen LogP contribution in [0.4, 0.5) is 0 Å². The van der Waals surface area contributed by atoms with E-state index >= 15 is 0 Å². The van der Waals surface area contributed by atoms with Gasteiger partial charge >= 0.3 is 0 Å². The molecular weight excluding hydrogens is 334 g/mol. The summed E-state index contributed by atoms with van der Waals surface area (Å²) < 4.78 is 22.1. The molecule has 0 unspecified atom stereocenters. The molecule has 0 aliphatic heterocycles. The minimum absolute atomic E-state index is 0.144. The lowest BCUT2D eigenvalue weighted by atomic mass is 9.85. The van der Waals surface area contributed by atoms with Gasteiger partial charge in [0.05, 0.1) is 28.4 Å². The minimum atomic E-state index is -0.144. The summed E-state index contributed by atoms with van der Waals surface area (Å²) in [5, 5.41) is 1.78. The average molecular weight is 353 g/mol. The average Bonchev–Trinajstić information content (AvgIpc) is 2.65. The lowest BCUT2D eigenvalue weighted by Crippen LogP contribution is -2.13. The van der Waals surface area contributed by atoms with Gasteiger partial charge in [0.25, 0.3) is 0 Å². The van der Waals surface area contributed by atoms with E-state index in [0.717, 1.165) is 33.2 Å². The highest BCUT2D eigenvalue weighted by molar-refractivity contribution is 6.05. The van der Waals surface area contributed by atoms with Crippen LogP contribution in [0.25, 0.3) is 21.9 Å². The fraction of sp³-hybridized carbons (Fsp3) is 0.250. The fourth-order valence-corrected chi connectivity index (χ4v) is 3.72. The number of methoxy groups -OCH3 is 4. The van der Waals surface area contributed by atoms with Crippen LogP contribution in [0.2, 0.25) is 0 Å². The first-order valence-corrected chi connectivity index (χ1v) is 8.17. The fourth-order valence-electron chi connectivity index (χ4n) is 3.72. The van der Waals surface area contributed by atoms with Gasteiger partial charge in [-0.15, -0.1) is 0 Å². The Morgan fingerprint density at radius 3 is 2.19 bits per heavy atom. The summed E-state index contributed by atoms with van der Waals surface area (Å²) >= 11 is 0. The van der Waals surface area contributed by atoms with E-state index in [1.807, 2.05) is 18.2 Å². The third-order valence-electron chi connectivity index (χ3n) is 4.81. The van der Waals surface area contributed by atoms with Gasteiger partial charge in [-0.2, -0.15) is 0 Å². The van der Waals surface area contributed by atoms with Crippen molar-refractivity contribution in [2.24, 2.45) is 0 Å². The molecule has 0 amide bonds. The van der Waals surface area contributed by atoms with Gasteiger partial charge < -0.3 is 23.9 Å². The third kappa shape index (κ3) is 2.22. The van der Waals surface area contributed by atoms with Crippen molar-refractivity contribution >= 4 is 10.8 Å². The second-order valence-corrected chi connectivity index (χ2v) is 6.10. The first kappa shape index (κ1) is 16.3. The van der Waals surface area contributed by atoms with Gasteiger partial charge in [0.2, 0.25) is 5.56 Å². The number of H-pyrrole nitrogens is 1. The Morgan fingerprint density at radius 2 is 1.54 bits per heavy atom. The molecule has 1 aliphatic carbocycles. The van der Waals surface area contributed by atoms with Gasteiger partial charge in [-0.1, -0.05) is 0 Å². The molecule has 0 radical (unpaired) electrons. The van der Waals surface area contributed by atoms with Crippen LogP contribution < -0.4 is 24.5 Å². The maximum Gasteiger partial charge on any atom is 0.248 e. The molecular formula is C20H19NO5. The number of hydrogen-bond donors (Lipinski definition) is 1. The Labute approximate surface area is 150 Å². The summed E-state index contributed by atoms with van der Waals surface area (Å²) in [6, 6.07) is 7.30. The lowest BCUT2D eigenvalue weighted by Gasteiger charge is -2.25. The van der Waals surface area contributed by atoms with E-state index in [1.165, 1.54) is 0 Å². The highest BCUT2D eigenvalue weighted by Crippen LogP contribution is 2.50. The normalized spacial score (nSPS) is 11.8. The molecule has 2 aromatic carbocycles. The zero-order valence-electron chi connectivity index (χ0n) is 15.1. The van der Waals surface area contributed by atoms with Gasteiger partial charge in [0.1, 0.15) is 0 Å². The number of hydrogen-bond acceptors (Lipinski definition) is 5. The lowest BCUT2D eigenvalue weighted by molar-refractivity contribution is 0.354. The third-order valence-corrected chi connectivity index (χ3v) is 4.81. The molecule has 4 rings (SSSR count).